The first-order chi connectivity index (χ1) is 20.5. The third kappa shape index (κ3) is 8.64. The number of carboxylic acid groups (broad SMARTS) is 1. The lowest BCUT2D eigenvalue weighted by atomic mass is 9.92. The first-order valence-electron chi connectivity index (χ1n) is 14.3. The van der Waals surface area contributed by atoms with Gasteiger partial charge in [0.05, 0.1) is 16.7 Å². The Morgan fingerprint density at radius 2 is 1.70 bits per heavy atom. The number of nitrogens with one attached hydrogen (secondary N) is 2. The van der Waals surface area contributed by atoms with Crippen molar-refractivity contribution in [3.8, 4) is 11.3 Å². The van der Waals surface area contributed by atoms with Gasteiger partial charge in [-0.1, -0.05) is 24.3 Å². The highest BCUT2D eigenvalue weighted by Crippen LogP contribution is 2.60. The van der Waals surface area contributed by atoms with Crippen molar-refractivity contribution in [3.05, 3.63) is 70.9 Å². The first kappa shape index (κ1) is 33.1. The second kappa shape index (κ2) is 13.1. The first-order valence-corrected chi connectivity index (χ1v) is 15.1. The maximum atomic E-state index is 13.9. The number of benzene rings is 2. The number of carbonyl (C=O) groups excluding carboxylic acids is 1. The van der Waals surface area contributed by atoms with E-state index in [1.165, 1.54) is 12.1 Å². The predicted molar refractivity (Wildman–Crippen MR) is 164 cm³/mol. The highest BCUT2D eigenvalue weighted by molar-refractivity contribution is 8.00. The SMILES string of the molecule is Cc1cccc(C)c1-c1cc(CCC(CC2(C(F)(F)F)CC2)NC(=O)OC(C)(C)C)nc(NSc2cccc(C(=O)O)c2)n1. The molecule has 1 atom stereocenters. The number of anilines is 1. The summed E-state index contributed by atoms with van der Waals surface area (Å²) >= 11 is 1.15. The zero-order valence-corrected chi connectivity index (χ0v) is 26.2. The number of alkyl carbamates (subject to hydrolysis) is 1. The molecule has 1 aliphatic rings. The van der Waals surface area contributed by atoms with E-state index in [2.05, 4.69) is 15.0 Å². The van der Waals surface area contributed by atoms with Crippen molar-refractivity contribution in [1.29, 1.82) is 0 Å². The molecule has 3 N–H and O–H groups in total. The van der Waals surface area contributed by atoms with Crippen LogP contribution in [0.4, 0.5) is 23.9 Å². The number of alkyl halides is 3. The molecule has 44 heavy (non-hydrogen) atoms. The number of halogens is 3. The summed E-state index contributed by atoms with van der Waals surface area (Å²) in [5, 5.41) is 12.0. The highest BCUT2D eigenvalue weighted by Gasteiger charge is 2.63. The maximum Gasteiger partial charge on any atom is 0.407 e. The summed E-state index contributed by atoms with van der Waals surface area (Å²) in [4.78, 5) is 34.0. The number of hydrogen-bond donors (Lipinski definition) is 3. The number of amides is 1. The number of ether oxygens (including phenoxy) is 1. The molecule has 2 aromatic carbocycles. The zero-order valence-electron chi connectivity index (χ0n) is 25.3. The Balaban J connectivity index is 1.61. The average molecular weight is 631 g/mol. The van der Waals surface area contributed by atoms with Crippen molar-refractivity contribution >= 4 is 30.0 Å². The molecule has 0 aliphatic heterocycles. The molecule has 0 spiro atoms. The normalized spacial score (nSPS) is 14.9. The van der Waals surface area contributed by atoms with Crippen molar-refractivity contribution in [2.75, 3.05) is 4.72 Å². The van der Waals surface area contributed by atoms with Gasteiger partial charge in [-0.05, 0) is 114 Å². The molecule has 12 heteroatoms. The molecule has 1 fully saturated rings. The van der Waals surface area contributed by atoms with Crippen LogP contribution in [0.15, 0.2) is 53.4 Å². The number of aryl methyl sites for hydroxylation is 3. The Hall–Kier alpha value is -3.80. The summed E-state index contributed by atoms with van der Waals surface area (Å²) in [6, 6.07) is 13.3. The molecule has 3 aromatic rings. The van der Waals surface area contributed by atoms with Gasteiger partial charge >= 0.3 is 18.2 Å². The van der Waals surface area contributed by atoms with Gasteiger partial charge in [-0.2, -0.15) is 13.2 Å². The minimum Gasteiger partial charge on any atom is -0.478 e. The summed E-state index contributed by atoms with van der Waals surface area (Å²) in [7, 11) is 0. The van der Waals surface area contributed by atoms with Crippen LogP contribution in [-0.2, 0) is 11.2 Å². The highest BCUT2D eigenvalue weighted by atomic mass is 32.2. The average Bonchev–Trinajstić information content (AvgIpc) is 3.71. The van der Waals surface area contributed by atoms with Crippen LogP contribution in [0, 0.1) is 19.3 Å². The molecule has 0 radical (unpaired) electrons. The van der Waals surface area contributed by atoms with E-state index in [0.29, 0.717) is 16.3 Å². The lowest BCUT2D eigenvalue weighted by Crippen LogP contribution is -2.42. The number of carbonyl (C=O) groups is 2. The van der Waals surface area contributed by atoms with Crippen LogP contribution in [0.2, 0.25) is 0 Å². The standard InChI is InChI=1S/C32H37F3N4O4S/c1-19-8-6-9-20(2)26(19)25-17-22(36-28(38-25)39-44-24-11-7-10-21(16-24)27(40)41)12-13-23(37-29(42)43-30(3,4)5)18-31(14-15-31)32(33,34)35/h6-11,16-17,23H,12-15,18H2,1-5H3,(H,37,42)(H,40,41)(H,36,38,39). The monoisotopic (exact) mass is 630 g/mol. The minimum atomic E-state index is -4.36. The second-order valence-electron chi connectivity index (χ2n) is 12.2. The Kier molecular flexibility index (Phi) is 9.82. The molecule has 0 saturated heterocycles. The van der Waals surface area contributed by atoms with Crippen molar-refractivity contribution in [2.24, 2.45) is 5.41 Å². The van der Waals surface area contributed by atoms with Crippen molar-refractivity contribution in [1.82, 2.24) is 15.3 Å². The van der Waals surface area contributed by atoms with Crippen LogP contribution < -0.4 is 10.0 Å². The Bertz CT molecular complexity index is 1500. The van der Waals surface area contributed by atoms with Gasteiger partial charge in [0, 0.05) is 22.2 Å². The van der Waals surface area contributed by atoms with Gasteiger partial charge in [0.25, 0.3) is 0 Å². The van der Waals surface area contributed by atoms with Crippen LogP contribution in [0.5, 0.6) is 0 Å². The van der Waals surface area contributed by atoms with E-state index in [1.807, 2.05) is 38.1 Å². The molecular weight excluding hydrogens is 593 g/mol. The predicted octanol–water partition coefficient (Wildman–Crippen LogP) is 8.14. The fourth-order valence-corrected chi connectivity index (χ4v) is 5.70. The van der Waals surface area contributed by atoms with Crippen LogP contribution in [-0.4, -0.2) is 45.0 Å². The van der Waals surface area contributed by atoms with Crippen LogP contribution in [0.1, 0.15) is 73.6 Å². The Morgan fingerprint density at radius 3 is 2.30 bits per heavy atom. The van der Waals surface area contributed by atoms with E-state index in [1.54, 1.807) is 32.9 Å². The van der Waals surface area contributed by atoms with Gasteiger partial charge in [-0.3, -0.25) is 4.72 Å². The van der Waals surface area contributed by atoms with Crippen molar-refractivity contribution in [2.45, 2.75) is 89.4 Å². The summed E-state index contributed by atoms with van der Waals surface area (Å²) in [6.07, 6.45) is -4.84. The van der Waals surface area contributed by atoms with Gasteiger partial charge in [-0.15, -0.1) is 0 Å². The van der Waals surface area contributed by atoms with Gasteiger partial charge in [0.1, 0.15) is 5.60 Å². The number of carboxylic acids is 1. The number of rotatable bonds is 11. The van der Waals surface area contributed by atoms with Crippen LogP contribution >= 0.6 is 11.9 Å². The molecule has 1 aromatic heterocycles. The molecule has 236 valence electrons. The molecule has 1 amide bonds. The molecule has 4 rings (SSSR count). The molecule has 0 bridgehead atoms. The van der Waals surface area contributed by atoms with E-state index in [4.69, 9.17) is 9.72 Å². The molecule has 1 saturated carbocycles. The second-order valence-corrected chi connectivity index (χ2v) is 13.1. The van der Waals surface area contributed by atoms with E-state index < -0.39 is 35.3 Å². The van der Waals surface area contributed by atoms with Gasteiger partial charge in [-0.25, -0.2) is 19.6 Å². The van der Waals surface area contributed by atoms with Gasteiger partial charge in [0.2, 0.25) is 5.95 Å². The summed E-state index contributed by atoms with van der Waals surface area (Å²) in [5.41, 5.74) is 1.64. The molecule has 8 nitrogen and oxygen atoms in total. The van der Waals surface area contributed by atoms with Crippen molar-refractivity contribution in [3.63, 3.8) is 0 Å². The lowest BCUT2D eigenvalue weighted by Gasteiger charge is -2.28. The van der Waals surface area contributed by atoms with E-state index in [0.717, 1.165) is 28.6 Å². The molecule has 1 heterocycles. The number of aromatic nitrogens is 2. The van der Waals surface area contributed by atoms with E-state index in [-0.39, 0.29) is 43.6 Å². The van der Waals surface area contributed by atoms with E-state index >= 15 is 0 Å². The van der Waals surface area contributed by atoms with Crippen molar-refractivity contribution < 1.29 is 32.6 Å². The van der Waals surface area contributed by atoms with Gasteiger partial charge < -0.3 is 15.2 Å². The number of aromatic carboxylic acids is 1. The fourth-order valence-electron chi connectivity index (χ4n) is 5.06. The lowest BCUT2D eigenvalue weighted by molar-refractivity contribution is -0.190. The Labute approximate surface area is 259 Å². The van der Waals surface area contributed by atoms with Gasteiger partial charge in [0.15, 0.2) is 0 Å². The summed E-state index contributed by atoms with van der Waals surface area (Å²) in [5.74, 6) is -0.785. The summed E-state index contributed by atoms with van der Waals surface area (Å²) < 4.78 is 50.1. The van der Waals surface area contributed by atoms with E-state index in [9.17, 15) is 27.9 Å². The molecule has 1 aliphatic carbocycles. The fraction of sp³-hybridized carbons (Fsp3) is 0.438. The molecule has 1 unspecified atom stereocenters. The van der Waals surface area contributed by atoms with Crippen LogP contribution in [0.25, 0.3) is 11.3 Å². The largest absolute Gasteiger partial charge is 0.478 e. The number of hydrogen-bond acceptors (Lipinski definition) is 7. The smallest absolute Gasteiger partial charge is 0.407 e. The third-order valence-corrected chi connectivity index (χ3v) is 8.19. The van der Waals surface area contributed by atoms with Crippen LogP contribution in [0.3, 0.4) is 0 Å². The Morgan fingerprint density at radius 1 is 1.05 bits per heavy atom. The zero-order chi connectivity index (χ0) is 32.3. The minimum absolute atomic E-state index is 0.0293. The summed E-state index contributed by atoms with van der Waals surface area (Å²) in [6.45, 7) is 9.02. The number of nitrogens with zero attached hydrogens (tertiary/aromatic N) is 2. The topological polar surface area (TPSA) is 113 Å². The molecular formula is C32H37F3N4O4S. The quantitative estimate of drug-likeness (QED) is 0.182. The third-order valence-electron chi connectivity index (χ3n) is 7.42. The maximum absolute atomic E-state index is 13.9.